The van der Waals surface area contributed by atoms with Crippen LogP contribution in [-0.4, -0.2) is 12.3 Å². The van der Waals surface area contributed by atoms with Crippen molar-refractivity contribution < 1.29 is 9.21 Å². The number of hydrogen-bond donors (Lipinski definition) is 1. The third kappa shape index (κ3) is 2.29. The molecule has 0 unspecified atom stereocenters. The van der Waals surface area contributed by atoms with Crippen LogP contribution in [0.15, 0.2) is 23.0 Å². The second kappa shape index (κ2) is 4.62. The first-order valence-corrected chi connectivity index (χ1v) is 5.57. The zero-order chi connectivity index (χ0) is 10.7. The Morgan fingerprint density at radius 2 is 2.13 bits per heavy atom. The monoisotopic (exact) mass is 207 g/mol. The van der Waals surface area contributed by atoms with Gasteiger partial charge >= 0.3 is 0 Å². The number of hydrogen-bond acceptors (Lipinski definition) is 3. The van der Waals surface area contributed by atoms with Gasteiger partial charge in [-0.3, -0.25) is 4.79 Å². The van der Waals surface area contributed by atoms with Crippen LogP contribution in [0, 0.1) is 11.8 Å². The van der Waals surface area contributed by atoms with Crippen molar-refractivity contribution >= 4 is 5.78 Å². The lowest BCUT2D eigenvalue weighted by molar-refractivity contribution is 0.0873. The lowest BCUT2D eigenvalue weighted by Gasteiger charge is -2.26. The molecule has 1 heterocycles. The first kappa shape index (κ1) is 10.4. The van der Waals surface area contributed by atoms with Crippen LogP contribution in [-0.2, 0) is 0 Å². The smallest absolute Gasteiger partial charge is 0.169 e. The highest BCUT2D eigenvalue weighted by atomic mass is 16.3. The molecule has 3 nitrogen and oxygen atoms in total. The Balaban J connectivity index is 1.93. The summed E-state index contributed by atoms with van der Waals surface area (Å²) >= 11 is 0. The summed E-state index contributed by atoms with van der Waals surface area (Å²) in [7, 11) is 0. The summed E-state index contributed by atoms with van der Waals surface area (Å²) in [6.45, 7) is 0.757. The molecule has 15 heavy (non-hydrogen) atoms. The van der Waals surface area contributed by atoms with Crippen molar-refractivity contribution in [3.8, 4) is 0 Å². The van der Waals surface area contributed by atoms with Gasteiger partial charge in [-0.1, -0.05) is 0 Å². The van der Waals surface area contributed by atoms with Crippen molar-refractivity contribution in [2.45, 2.75) is 25.7 Å². The maximum atomic E-state index is 12.0. The molecule has 0 radical (unpaired) electrons. The van der Waals surface area contributed by atoms with Crippen LogP contribution in [0.25, 0.3) is 0 Å². The Hall–Kier alpha value is -1.09. The van der Waals surface area contributed by atoms with Crippen LogP contribution in [0.3, 0.4) is 0 Å². The third-order valence-electron chi connectivity index (χ3n) is 3.36. The lowest BCUT2D eigenvalue weighted by atomic mass is 9.79. The molecule has 2 rings (SSSR count). The minimum atomic E-state index is 0.186. The van der Waals surface area contributed by atoms with E-state index in [9.17, 15) is 4.79 Å². The van der Waals surface area contributed by atoms with Gasteiger partial charge in [-0.05, 0) is 44.2 Å². The fourth-order valence-corrected chi connectivity index (χ4v) is 2.30. The zero-order valence-electron chi connectivity index (χ0n) is 8.82. The van der Waals surface area contributed by atoms with Gasteiger partial charge in [-0.25, -0.2) is 0 Å². The molecule has 3 heteroatoms. The number of carbonyl (C=O) groups excluding carboxylic acids is 1. The van der Waals surface area contributed by atoms with E-state index in [-0.39, 0.29) is 11.7 Å². The molecule has 2 N–H and O–H groups in total. The normalized spacial score (nSPS) is 26.5. The highest BCUT2D eigenvalue weighted by Gasteiger charge is 2.26. The maximum Gasteiger partial charge on any atom is 0.169 e. The van der Waals surface area contributed by atoms with Gasteiger partial charge in [0.2, 0.25) is 0 Å². The van der Waals surface area contributed by atoms with Crippen LogP contribution in [0.2, 0.25) is 0 Å². The van der Waals surface area contributed by atoms with Gasteiger partial charge in [0.05, 0.1) is 11.8 Å². The van der Waals surface area contributed by atoms with E-state index in [4.69, 9.17) is 10.2 Å². The second-order valence-corrected chi connectivity index (χ2v) is 4.33. The highest BCUT2D eigenvalue weighted by molar-refractivity contribution is 5.97. The quantitative estimate of drug-likeness (QED) is 0.773. The molecular formula is C12H17NO2. The fraction of sp³-hybridized carbons (Fsp3) is 0.583. The van der Waals surface area contributed by atoms with E-state index in [2.05, 4.69) is 0 Å². The standard InChI is InChI=1S/C12H17NO2/c13-7-9-1-3-10(4-2-9)12(14)11-5-6-15-8-11/h5-6,8-10H,1-4,7,13H2. The Kier molecular flexibility index (Phi) is 3.21. The van der Waals surface area contributed by atoms with E-state index >= 15 is 0 Å². The predicted octanol–water partition coefficient (Wildman–Crippen LogP) is 2.23. The Morgan fingerprint density at radius 1 is 1.40 bits per heavy atom. The lowest BCUT2D eigenvalue weighted by Crippen LogP contribution is -2.25. The summed E-state index contributed by atoms with van der Waals surface area (Å²) < 4.78 is 4.93. The van der Waals surface area contributed by atoms with Gasteiger partial charge in [-0.15, -0.1) is 0 Å². The molecule has 0 saturated heterocycles. The molecule has 0 amide bonds. The number of furan rings is 1. The van der Waals surface area contributed by atoms with E-state index in [1.807, 2.05) is 0 Å². The molecule has 1 fully saturated rings. The summed E-state index contributed by atoms with van der Waals surface area (Å²) in [6, 6.07) is 1.75. The van der Waals surface area contributed by atoms with Gasteiger partial charge in [-0.2, -0.15) is 0 Å². The van der Waals surface area contributed by atoms with Crippen molar-refractivity contribution in [1.82, 2.24) is 0 Å². The Morgan fingerprint density at radius 3 is 2.67 bits per heavy atom. The van der Waals surface area contributed by atoms with Gasteiger partial charge in [0.25, 0.3) is 0 Å². The number of rotatable bonds is 3. The van der Waals surface area contributed by atoms with Crippen LogP contribution >= 0.6 is 0 Å². The summed E-state index contributed by atoms with van der Waals surface area (Å²) in [5, 5.41) is 0. The van der Waals surface area contributed by atoms with E-state index in [1.54, 1.807) is 12.3 Å². The minimum Gasteiger partial charge on any atom is -0.472 e. The number of Topliss-reactive ketones (excluding diaryl/α,β-unsaturated/α-hetero) is 1. The molecule has 1 aliphatic rings. The topological polar surface area (TPSA) is 56.2 Å². The molecule has 1 aromatic rings. The Labute approximate surface area is 89.6 Å². The molecule has 1 aromatic heterocycles. The first-order chi connectivity index (χ1) is 7.31. The number of carbonyl (C=O) groups is 1. The first-order valence-electron chi connectivity index (χ1n) is 5.57. The van der Waals surface area contributed by atoms with E-state index in [0.29, 0.717) is 11.5 Å². The van der Waals surface area contributed by atoms with Gasteiger partial charge in [0, 0.05) is 5.92 Å². The average Bonchev–Trinajstić information content (AvgIpc) is 2.82. The van der Waals surface area contributed by atoms with Crippen LogP contribution in [0.4, 0.5) is 0 Å². The molecule has 0 atom stereocenters. The second-order valence-electron chi connectivity index (χ2n) is 4.33. The fourth-order valence-electron chi connectivity index (χ4n) is 2.30. The predicted molar refractivity (Wildman–Crippen MR) is 57.5 cm³/mol. The average molecular weight is 207 g/mol. The third-order valence-corrected chi connectivity index (χ3v) is 3.36. The SMILES string of the molecule is NCC1CCC(C(=O)c2ccoc2)CC1. The molecule has 1 saturated carbocycles. The largest absolute Gasteiger partial charge is 0.472 e. The van der Waals surface area contributed by atoms with E-state index in [0.717, 1.165) is 32.2 Å². The van der Waals surface area contributed by atoms with Crippen molar-refractivity contribution in [3.05, 3.63) is 24.2 Å². The van der Waals surface area contributed by atoms with Crippen LogP contribution in [0.5, 0.6) is 0 Å². The van der Waals surface area contributed by atoms with Gasteiger partial charge in [0.1, 0.15) is 6.26 Å². The molecule has 1 aliphatic carbocycles. The van der Waals surface area contributed by atoms with Gasteiger partial charge in [0.15, 0.2) is 5.78 Å². The zero-order valence-corrected chi connectivity index (χ0v) is 8.82. The van der Waals surface area contributed by atoms with E-state index < -0.39 is 0 Å². The molecular weight excluding hydrogens is 190 g/mol. The number of nitrogens with two attached hydrogens (primary N) is 1. The maximum absolute atomic E-state index is 12.0. The summed E-state index contributed by atoms with van der Waals surface area (Å²) in [5.74, 6) is 1.04. The molecule has 0 bridgehead atoms. The Bertz CT molecular complexity index is 310. The van der Waals surface area contributed by atoms with Crippen LogP contribution in [0.1, 0.15) is 36.0 Å². The van der Waals surface area contributed by atoms with Crippen LogP contribution < -0.4 is 5.73 Å². The molecule has 0 aliphatic heterocycles. The van der Waals surface area contributed by atoms with E-state index in [1.165, 1.54) is 6.26 Å². The summed E-state index contributed by atoms with van der Waals surface area (Å²) in [6.07, 6.45) is 7.23. The molecule has 0 spiro atoms. The highest BCUT2D eigenvalue weighted by Crippen LogP contribution is 2.30. The van der Waals surface area contributed by atoms with Gasteiger partial charge < -0.3 is 10.2 Å². The molecule has 0 aromatic carbocycles. The summed E-state index contributed by atoms with van der Waals surface area (Å²) in [5.41, 5.74) is 6.33. The van der Waals surface area contributed by atoms with Crippen molar-refractivity contribution in [2.24, 2.45) is 17.6 Å². The number of ketones is 1. The van der Waals surface area contributed by atoms with Crippen molar-refractivity contribution in [2.75, 3.05) is 6.54 Å². The van der Waals surface area contributed by atoms with Crippen molar-refractivity contribution in [1.29, 1.82) is 0 Å². The summed E-state index contributed by atoms with van der Waals surface area (Å²) in [4.78, 5) is 12.0. The minimum absolute atomic E-state index is 0.186. The molecule has 82 valence electrons. The van der Waals surface area contributed by atoms with Crippen molar-refractivity contribution in [3.63, 3.8) is 0 Å².